The van der Waals surface area contributed by atoms with Crippen molar-refractivity contribution in [2.75, 3.05) is 92.5 Å². The van der Waals surface area contributed by atoms with E-state index in [0.29, 0.717) is 39.6 Å². The molecule has 0 aromatic rings. The largest absolute Gasteiger partial charge is 0.498 e. The molecule has 1 saturated carbocycles. The van der Waals surface area contributed by atoms with Crippen LogP contribution in [0.25, 0.3) is 0 Å². The first kappa shape index (κ1) is 105. The lowest BCUT2D eigenvalue weighted by Crippen LogP contribution is -2.67. The van der Waals surface area contributed by atoms with Gasteiger partial charge in [0.25, 0.3) is 0 Å². The summed E-state index contributed by atoms with van der Waals surface area (Å²) in [5.74, 6) is -24.1. The Bertz CT molecular complexity index is 2550. The highest BCUT2D eigenvalue weighted by molar-refractivity contribution is 5.76. The van der Waals surface area contributed by atoms with Crippen LogP contribution in [0.2, 0.25) is 0 Å². The Balaban J connectivity index is 0. The number of rotatable bonds is 47. The molecule has 7 atom stereocenters. The van der Waals surface area contributed by atoms with Gasteiger partial charge in [0.15, 0.2) is 18.9 Å². The predicted molar refractivity (Wildman–Crippen MR) is 329 cm³/mol. The van der Waals surface area contributed by atoms with Crippen LogP contribution in [-0.4, -0.2) is 201 Å². The van der Waals surface area contributed by atoms with Gasteiger partial charge in [-0.25, -0.2) is 8.78 Å². The number of carbonyl (C=O) groups excluding carboxylic acids is 3. The van der Waals surface area contributed by atoms with Gasteiger partial charge in [0, 0.05) is 32.3 Å². The van der Waals surface area contributed by atoms with E-state index >= 15 is 0 Å². The van der Waals surface area contributed by atoms with Gasteiger partial charge in [-0.15, -0.1) is 0 Å². The van der Waals surface area contributed by atoms with E-state index in [1.54, 1.807) is 34.6 Å². The van der Waals surface area contributed by atoms with Crippen LogP contribution in [0.15, 0.2) is 11.3 Å². The van der Waals surface area contributed by atoms with Crippen molar-refractivity contribution >= 4 is 17.9 Å². The molecule has 0 spiro atoms. The Morgan fingerprint density at radius 2 is 0.729 bits per heavy atom. The number of alkyl halides is 25. The molecule has 0 radical (unpaired) electrons. The van der Waals surface area contributed by atoms with Crippen LogP contribution in [0.5, 0.6) is 0 Å². The molecule has 1 rings (SSSR count). The number of hydrogen-bond donors (Lipinski definition) is 0. The smallest absolute Gasteiger partial charge is 0.462 e. The summed E-state index contributed by atoms with van der Waals surface area (Å²) in [6.07, 6.45) is -44.1. The first-order valence-electron chi connectivity index (χ1n) is 33.7. The van der Waals surface area contributed by atoms with Crippen molar-refractivity contribution in [3.63, 3.8) is 0 Å². The van der Waals surface area contributed by atoms with Gasteiger partial charge in [-0.2, -0.15) is 101 Å². The van der Waals surface area contributed by atoms with Gasteiger partial charge in [0.05, 0.1) is 67.2 Å². The van der Waals surface area contributed by atoms with Gasteiger partial charge in [0.2, 0.25) is 11.3 Å². The van der Waals surface area contributed by atoms with Crippen LogP contribution >= 0.6 is 0 Å². The molecule has 0 bridgehead atoms. The number of ether oxygens (including phenoxy) is 14. The highest BCUT2D eigenvalue weighted by Gasteiger charge is 2.85. The van der Waals surface area contributed by atoms with E-state index in [1.165, 1.54) is 11.7 Å². The van der Waals surface area contributed by atoms with Gasteiger partial charge in [0.1, 0.15) is 26.4 Å². The maximum Gasteiger partial charge on any atom is 0.462 e. The summed E-state index contributed by atoms with van der Waals surface area (Å²) in [5.41, 5.74) is -13.2. The molecule has 638 valence electrons. The van der Waals surface area contributed by atoms with E-state index in [1.807, 2.05) is 41.5 Å². The highest BCUT2D eigenvalue weighted by Crippen LogP contribution is 2.57. The second-order valence-corrected chi connectivity index (χ2v) is 26.3. The van der Waals surface area contributed by atoms with Crippen LogP contribution in [-0.2, 0) is 80.7 Å². The Kier molecular flexibility index (Phi) is 43.4. The fourth-order valence-corrected chi connectivity index (χ4v) is 8.22. The molecule has 0 aromatic heterocycles. The quantitative estimate of drug-likeness (QED) is 0.0140. The molecular formula is C65H101F25O17. The van der Waals surface area contributed by atoms with E-state index in [0.717, 1.165) is 51.6 Å². The van der Waals surface area contributed by atoms with Gasteiger partial charge < -0.3 is 56.8 Å². The Morgan fingerprint density at radius 3 is 1.08 bits per heavy atom. The maximum absolute atomic E-state index is 14.6. The van der Waals surface area contributed by atoms with E-state index in [2.05, 4.69) is 9.47 Å². The molecule has 0 amide bonds. The molecule has 1 aliphatic carbocycles. The minimum absolute atomic E-state index is 0.0491. The van der Waals surface area contributed by atoms with E-state index in [9.17, 15) is 124 Å². The number of esters is 3. The van der Waals surface area contributed by atoms with E-state index in [-0.39, 0.29) is 90.5 Å². The van der Waals surface area contributed by atoms with E-state index in [4.69, 9.17) is 52.1 Å². The predicted octanol–water partition coefficient (Wildman–Crippen LogP) is 19.0. The van der Waals surface area contributed by atoms with Crippen molar-refractivity contribution in [2.24, 2.45) is 22.2 Å². The summed E-state index contributed by atoms with van der Waals surface area (Å²) >= 11 is 0. The second kappa shape index (κ2) is 44.3. The molecular weight excluding hydrogens is 1530 g/mol. The zero-order valence-electron chi connectivity index (χ0n) is 62.1. The Morgan fingerprint density at radius 1 is 0.374 bits per heavy atom. The molecule has 17 nitrogen and oxygen atoms in total. The number of halogens is 25. The standard InChI is InChI=1S/C28H44F8O5.C22H27F17O7.C15H30O5/c1-7-24(3,4)23(37)41-18-17-40-22(20-13-9-8-10-14-20)39-16-12-11-15-38-19(2)21(25(5,29)27(31,32)33)26(6,30)28(34,35)36;1-5-14(3,4)13(40)44-10-9-43-12(2)42-8-6-7-41-11-15(23,18(27,28)29)45-22(38,39)17(26,20(33,34)35)46-21(36,37)16(24,25)19(30,31)32;1-6-15(4,5)14(16)20-12-11-19-13(3)18-10-8-9-17-7-2/h20,22H,7-18H2,1-6H3;12H,5-11H2,1-4H3;13H,6-12H2,1-5H3. The third kappa shape index (κ3) is 34.0. The summed E-state index contributed by atoms with van der Waals surface area (Å²) in [6.45, 7) is 19.2. The lowest BCUT2D eigenvalue weighted by atomic mass is 9.83. The van der Waals surface area contributed by atoms with Crippen molar-refractivity contribution in [3.8, 4) is 0 Å². The van der Waals surface area contributed by atoms with Crippen molar-refractivity contribution in [1.82, 2.24) is 0 Å². The molecule has 42 heteroatoms. The normalized spacial score (nSPS) is 17.5. The average molecular weight is 1630 g/mol. The minimum Gasteiger partial charge on any atom is -0.498 e. The van der Waals surface area contributed by atoms with Crippen LogP contribution < -0.4 is 0 Å². The fraction of sp³-hybridized carbons (Fsp3) is 0.923. The maximum atomic E-state index is 14.6. The molecule has 7 unspecified atom stereocenters. The summed E-state index contributed by atoms with van der Waals surface area (Å²) in [7, 11) is 0. The Labute approximate surface area is 605 Å². The zero-order valence-corrected chi connectivity index (χ0v) is 62.1. The second-order valence-electron chi connectivity index (χ2n) is 26.3. The molecule has 0 saturated heterocycles. The summed E-state index contributed by atoms with van der Waals surface area (Å²) < 4.78 is 398. The summed E-state index contributed by atoms with van der Waals surface area (Å²) in [5, 5.41) is 0. The average Bonchev–Trinajstić information content (AvgIpc) is 0.732. The number of hydrogen-bond acceptors (Lipinski definition) is 17. The molecule has 0 aromatic carbocycles. The molecule has 0 heterocycles. The summed E-state index contributed by atoms with van der Waals surface area (Å²) in [4.78, 5) is 35.6. The SMILES string of the molecule is CCC(C)(C)C(=O)OCCOC(C)OCCCOCC(F)(OC(F)(F)C(F)(OC(F)(F)C(F)(F)C(F)(F)F)C(F)(F)F)C(F)(F)F.CCC(C)(C)C(=O)OCCOC(OCCCCOC(C)=C(C(C)(F)C(F)(F)F)C(C)(F)C(F)(F)F)C1CCCCC1.CCOCCCOC(C)OCCOC(=O)C(C)(C)CC. The topological polar surface area (TPSA) is 180 Å². The molecule has 1 aliphatic rings. The van der Waals surface area contributed by atoms with Gasteiger partial charge in [-0.1, -0.05) is 40.0 Å². The molecule has 107 heavy (non-hydrogen) atoms. The Hall–Kier alpha value is -4.20. The third-order valence-corrected chi connectivity index (χ3v) is 16.3. The first-order valence-corrected chi connectivity index (χ1v) is 33.7. The van der Waals surface area contributed by atoms with E-state index < -0.39 is 151 Å². The van der Waals surface area contributed by atoms with Gasteiger partial charge >= 0.3 is 78.6 Å². The lowest BCUT2D eigenvalue weighted by molar-refractivity contribution is -0.553. The van der Waals surface area contributed by atoms with Crippen LogP contribution in [0.1, 0.15) is 181 Å². The number of allylic oxidation sites excluding steroid dienone is 2. The fourth-order valence-electron chi connectivity index (χ4n) is 8.22. The van der Waals surface area contributed by atoms with Gasteiger partial charge in [-0.3, -0.25) is 23.9 Å². The van der Waals surface area contributed by atoms with Crippen LogP contribution in [0.4, 0.5) is 110 Å². The zero-order chi connectivity index (χ0) is 84.0. The number of unbranched alkanes of at least 4 members (excludes halogenated alkanes) is 1. The third-order valence-electron chi connectivity index (χ3n) is 16.3. The first-order chi connectivity index (χ1) is 48.4. The minimum atomic E-state index is -7.95. The summed E-state index contributed by atoms with van der Waals surface area (Å²) in [6, 6.07) is 0. The number of carbonyl (C=O) groups is 3. The lowest BCUT2D eigenvalue weighted by Gasteiger charge is -2.40. The highest BCUT2D eigenvalue weighted by atomic mass is 19.4. The van der Waals surface area contributed by atoms with Gasteiger partial charge in [-0.05, 0) is 141 Å². The molecule has 0 N–H and O–H groups in total. The van der Waals surface area contributed by atoms with Crippen molar-refractivity contribution in [1.29, 1.82) is 0 Å². The van der Waals surface area contributed by atoms with Crippen LogP contribution in [0, 0.1) is 22.2 Å². The molecule has 1 fully saturated rings. The van der Waals surface area contributed by atoms with Crippen molar-refractivity contribution in [3.05, 3.63) is 11.3 Å². The van der Waals surface area contributed by atoms with Crippen LogP contribution in [0.3, 0.4) is 0 Å². The monoisotopic (exact) mass is 1630 g/mol. The molecule has 0 aliphatic heterocycles. The van der Waals surface area contributed by atoms with Crippen molar-refractivity contribution < 1.29 is 190 Å². The van der Waals surface area contributed by atoms with Crippen molar-refractivity contribution in [2.45, 2.75) is 272 Å².